The molecule has 0 aromatic heterocycles. The van der Waals surface area contributed by atoms with E-state index >= 15 is 0 Å². The topological polar surface area (TPSA) is 37.3 Å². The monoisotopic (exact) mass is 266 g/mol. The number of aromatic hydroxyl groups is 1. The van der Waals surface area contributed by atoms with Gasteiger partial charge in [0.1, 0.15) is 11.5 Å². The minimum atomic E-state index is -0.141. The van der Waals surface area contributed by atoms with Crippen molar-refractivity contribution in [2.75, 3.05) is 0 Å². The molecule has 0 amide bonds. The predicted octanol–water partition coefficient (Wildman–Crippen LogP) is 3.94. The van der Waals surface area contributed by atoms with Crippen molar-refractivity contribution in [2.45, 2.75) is 38.5 Å². The highest BCUT2D eigenvalue weighted by molar-refractivity contribution is 5.92. The highest BCUT2D eigenvalue weighted by Crippen LogP contribution is 2.54. The molecule has 0 bridgehead atoms. The van der Waals surface area contributed by atoms with Crippen LogP contribution >= 0.6 is 0 Å². The molecule has 0 aliphatic heterocycles. The number of aryl methyl sites for hydroxylation is 1. The van der Waals surface area contributed by atoms with E-state index in [9.17, 15) is 9.90 Å². The van der Waals surface area contributed by atoms with Gasteiger partial charge in [-0.1, -0.05) is 25.1 Å². The van der Waals surface area contributed by atoms with Crippen molar-refractivity contribution in [1.29, 1.82) is 0 Å². The van der Waals surface area contributed by atoms with Crippen molar-refractivity contribution in [3.8, 4) is 5.75 Å². The van der Waals surface area contributed by atoms with Gasteiger partial charge in [-0.05, 0) is 59.2 Å². The lowest BCUT2D eigenvalue weighted by Crippen LogP contribution is -2.32. The third-order valence-corrected chi connectivity index (χ3v) is 5.49. The molecule has 1 fully saturated rings. The maximum Gasteiger partial charge on any atom is 0.139 e. The maximum absolute atomic E-state index is 12.2. The Balaban J connectivity index is 1.95. The molecule has 2 atom stereocenters. The van der Waals surface area contributed by atoms with Crippen molar-refractivity contribution in [2.24, 2.45) is 5.41 Å². The molecule has 1 saturated carbocycles. The number of hydrogen-bond acceptors (Lipinski definition) is 2. The molecule has 0 radical (unpaired) electrons. The van der Waals surface area contributed by atoms with Crippen LogP contribution < -0.4 is 0 Å². The summed E-state index contributed by atoms with van der Waals surface area (Å²) in [7, 11) is 0. The second-order valence-corrected chi connectivity index (χ2v) is 6.47. The van der Waals surface area contributed by atoms with Crippen LogP contribution in [0.2, 0.25) is 0 Å². The lowest BCUT2D eigenvalue weighted by atomic mass is 9.66. The Morgan fingerprint density at radius 1 is 1.20 bits per heavy atom. The van der Waals surface area contributed by atoms with Gasteiger partial charge in [0.2, 0.25) is 0 Å². The summed E-state index contributed by atoms with van der Waals surface area (Å²) in [6.07, 6.45) is 3.65. The maximum atomic E-state index is 12.2. The van der Waals surface area contributed by atoms with Crippen LogP contribution in [-0.4, -0.2) is 10.9 Å². The normalized spacial score (nSPS) is 28.4. The Morgan fingerprint density at radius 3 is 2.90 bits per heavy atom. The van der Waals surface area contributed by atoms with E-state index in [1.165, 1.54) is 16.5 Å². The summed E-state index contributed by atoms with van der Waals surface area (Å²) in [5, 5.41) is 11.9. The zero-order valence-corrected chi connectivity index (χ0v) is 11.6. The molecule has 20 heavy (non-hydrogen) atoms. The van der Waals surface area contributed by atoms with E-state index in [4.69, 9.17) is 0 Å². The van der Waals surface area contributed by atoms with Crippen LogP contribution in [0.5, 0.6) is 5.75 Å². The summed E-state index contributed by atoms with van der Waals surface area (Å²) < 4.78 is 0. The van der Waals surface area contributed by atoms with E-state index in [0.29, 0.717) is 17.5 Å². The Kier molecular flexibility index (Phi) is 2.30. The molecule has 4 rings (SSSR count). The van der Waals surface area contributed by atoms with Gasteiger partial charge in [-0.15, -0.1) is 0 Å². The first-order chi connectivity index (χ1) is 9.59. The summed E-state index contributed by atoms with van der Waals surface area (Å²) in [4.78, 5) is 12.2. The molecule has 1 N–H and O–H groups in total. The minimum Gasteiger partial charge on any atom is -0.508 e. The smallest absolute Gasteiger partial charge is 0.139 e. The first kappa shape index (κ1) is 12.0. The fourth-order valence-corrected chi connectivity index (χ4v) is 4.27. The third-order valence-electron chi connectivity index (χ3n) is 5.49. The molecule has 2 aliphatic rings. The number of rotatable bonds is 0. The standard InChI is InChI=1S/C18H18O2/c1-18-9-8-14-13-5-3-12(19)10-11(13)2-4-15(14)16(18)6-7-17(18)20/h2-5,10,16,19H,6-9H2,1H3/t16?,18-/m1/s1. The van der Waals surface area contributed by atoms with Gasteiger partial charge in [0.05, 0.1) is 0 Å². The Morgan fingerprint density at radius 2 is 2.05 bits per heavy atom. The molecule has 2 nitrogen and oxygen atoms in total. The van der Waals surface area contributed by atoms with Gasteiger partial charge >= 0.3 is 0 Å². The van der Waals surface area contributed by atoms with Gasteiger partial charge in [0, 0.05) is 11.8 Å². The van der Waals surface area contributed by atoms with Crippen LogP contribution in [0.1, 0.15) is 43.2 Å². The molecule has 102 valence electrons. The molecular weight excluding hydrogens is 248 g/mol. The van der Waals surface area contributed by atoms with Crippen LogP contribution in [0, 0.1) is 5.41 Å². The fraction of sp³-hybridized carbons (Fsp3) is 0.389. The number of fused-ring (bicyclic) bond motifs is 5. The number of carbonyl (C=O) groups excluding carboxylic acids is 1. The first-order valence-electron chi connectivity index (χ1n) is 7.37. The van der Waals surface area contributed by atoms with Crippen molar-refractivity contribution in [3.63, 3.8) is 0 Å². The van der Waals surface area contributed by atoms with Gasteiger partial charge in [-0.2, -0.15) is 0 Å². The van der Waals surface area contributed by atoms with Crippen molar-refractivity contribution >= 4 is 16.6 Å². The quantitative estimate of drug-likeness (QED) is 0.784. The number of phenolic OH excluding ortho intramolecular Hbond substituents is 1. The van der Waals surface area contributed by atoms with Crippen LogP contribution in [0.25, 0.3) is 10.8 Å². The van der Waals surface area contributed by atoms with E-state index in [2.05, 4.69) is 19.1 Å². The summed E-state index contributed by atoms with van der Waals surface area (Å²) in [6, 6.07) is 9.86. The summed E-state index contributed by atoms with van der Waals surface area (Å²) in [5.41, 5.74) is 2.61. The molecule has 2 aromatic rings. The molecule has 2 aromatic carbocycles. The second kappa shape index (κ2) is 3.85. The minimum absolute atomic E-state index is 0.141. The summed E-state index contributed by atoms with van der Waals surface area (Å²) in [5.74, 6) is 1.14. The molecular formula is C18H18O2. The van der Waals surface area contributed by atoms with Crippen LogP contribution in [0.4, 0.5) is 0 Å². The lowest BCUT2D eigenvalue weighted by Gasteiger charge is -2.37. The Hall–Kier alpha value is -1.83. The predicted molar refractivity (Wildman–Crippen MR) is 79.0 cm³/mol. The number of Topliss-reactive ketones (excluding diaryl/α,β-unsaturated/α-hetero) is 1. The van der Waals surface area contributed by atoms with Crippen molar-refractivity contribution in [3.05, 3.63) is 41.5 Å². The Labute approximate surface area is 118 Å². The number of phenols is 1. The number of ketones is 1. The molecule has 0 saturated heterocycles. The summed E-state index contributed by atoms with van der Waals surface area (Å²) >= 11 is 0. The van der Waals surface area contributed by atoms with Gasteiger partial charge in [0.25, 0.3) is 0 Å². The van der Waals surface area contributed by atoms with Gasteiger partial charge in [0.15, 0.2) is 0 Å². The van der Waals surface area contributed by atoms with Crippen molar-refractivity contribution < 1.29 is 9.90 Å². The molecule has 1 unspecified atom stereocenters. The lowest BCUT2D eigenvalue weighted by molar-refractivity contribution is -0.126. The van der Waals surface area contributed by atoms with E-state index < -0.39 is 0 Å². The average molecular weight is 266 g/mol. The van der Waals surface area contributed by atoms with E-state index in [-0.39, 0.29) is 5.41 Å². The Bertz CT molecular complexity index is 732. The van der Waals surface area contributed by atoms with E-state index in [0.717, 1.165) is 31.1 Å². The van der Waals surface area contributed by atoms with Crippen LogP contribution in [-0.2, 0) is 11.2 Å². The second-order valence-electron chi connectivity index (χ2n) is 6.47. The van der Waals surface area contributed by atoms with Gasteiger partial charge in [-0.25, -0.2) is 0 Å². The van der Waals surface area contributed by atoms with Crippen LogP contribution in [0.3, 0.4) is 0 Å². The molecule has 0 spiro atoms. The number of hydrogen-bond donors (Lipinski definition) is 1. The number of benzene rings is 2. The van der Waals surface area contributed by atoms with Gasteiger partial charge < -0.3 is 5.11 Å². The summed E-state index contributed by atoms with van der Waals surface area (Å²) in [6.45, 7) is 2.15. The first-order valence-corrected chi connectivity index (χ1v) is 7.37. The average Bonchev–Trinajstić information content (AvgIpc) is 2.74. The highest BCUT2D eigenvalue weighted by atomic mass is 16.3. The van der Waals surface area contributed by atoms with E-state index in [1.54, 1.807) is 6.07 Å². The molecule has 2 heteroatoms. The number of carbonyl (C=O) groups is 1. The van der Waals surface area contributed by atoms with E-state index in [1.807, 2.05) is 12.1 Å². The largest absolute Gasteiger partial charge is 0.508 e. The highest BCUT2D eigenvalue weighted by Gasteiger charge is 2.49. The fourth-order valence-electron chi connectivity index (χ4n) is 4.27. The molecule has 2 aliphatic carbocycles. The molecule has 0 heterocycles. The van der Waals surface area contributed by atoms with Gasteiger partial charge in [-0.3, -0.25) is 4.79 Å². The third kappa shape index (κ3) is 1.42. The zero-order valence-electron chi connectivity index (χ0n) is 11.6. The zero-order chi connectivity index (χ0) is 13.9. The van der Waals surface area contributed by atoms with Crippen molar-refractivity contribution in [1.82, 2.24) is 0 Å². The SMILES string of the molecule is C[C@@]12CCc3c(ccc4cc(O)ccc34)C1CCC2=O. The van der Waals surface area contributed by atoms with Crippen LogP contribution in [0.15, 0.2) is 30.3 Å².